The van der Waals surface area contributed by atoms with Crippen molar-refractivity contribution in [1.82, 2.24) is 4.98 Å². The van der Waals surface area contributed by atoms with Gasteiger partial charge in [0, 0.05) is 16.5 Å². The van der Waals surface area contributed by atoms with E-state index >= 15 is 0 Å². The first-order valence-corrected chi connectivity index (χ1v) is 9.54. The molecule has 1 aliphatic rings. The molecule has 0 spiro atoms. The number of hydrogen-bond acceptors (Lipinski definition) is 5. The highest BCUT2D eigenvalue weighted by Crippen LogP contribution is 2.26. The average Bonchev–Trinajstić information content (AvgIpc) is 2.72. The number of amidine groups is 1. The van der Waals surface area contributed by atoms with E-state index in [1.807, 2.05) is 18.2 Å². The molecular weight excluding hydrogens is 381 g/mol. The molecule has 1 saturated carbocycles. The average molecular weight is 401 g/mol. The number of aliphatic imine (C=N–C) groups is 1. The van der Waals surface area contributed by atoms with Crippen LogP contribution >= 0.6 is 0 Å². The highest BCUT2D eigenvalue weighted by Gasteiger charge is 2.27. The Hall–Kier alpha value is -3.76. The third kappa shape index (κ3) is 3.73. The van der Waals surface area contributed by atoms with E-state index in [0.29, 0.717) is 35.2 Å². The number of halogens is 1. The molecule has 1 aliphatic carbocycles. The maximum absolute atomic E-state index is 14.1. The summed E-state index contributed by atoms with van der Waals surface area (Å²) in [4.78, 5) is 8.86. The highest BCUT2D eigenvalue weighted by molar-refractivity contribution is 6.07. The van der Waals surface area contributed by atoms with E-state index in [9.17, 15) is 14.8 Å². The summed E-state index contributed by atoms with van der Waals surface area (Å²) in [6.45, 7) is 0. The molecule has 0 saturated heterocycles. The highest BCUT2D eigenvalue weighted by atomic mass is 19.1. The van der Waals surface area contributed by atoms with E-state index in [1.54, 1.807) is 36.4 Å². The van der Waals surface area contributed by atoms with Gasteiger partial charge < -0.3 is 16.6 Å². The Balaban J connectivity index is 1.73. The second-order valence-corrected chi connectivity index (χ2v) is 7.28. The minimum Gasteiger partial charge on any atom is -0.397 e. The molecule has 0 aliphatic heterocycles. The molecule has 7 heteroatoms. The van der Waals surface area contributed by atoms with Crippen molar-refractivity contribution in [2.75, 3.05) is 0 Å². The summed E-state index contributed by atoms with van der Waals surface area (Å²) in [6.07, 6.45) is 0.685. The molecule has 2 aromatic carbocycles. The smallest absolute Gasteiger partial charge is 0.138 e. The molecule has 0 bridgehead atoms. The molecule has 1 heterocycles. The first-order valence-electron chi connectivity index (χ1n) is 9.54. The van der Waals surface area contributed by atoms with Gasteiger partial charge in [0.05, 0.1) is 29.1 Å². The maximum Gasteiger partial charge on any atom is 0.138 e. The fraction of sp³-hybridized carbons (Fsp3) is 0.174. The van der Waals surface area contributed by atoms with Crippen LogP contribution in [0.4, 0.5) is 4.39 Å². The van der Waals surface area contributed by atoms with Gasteiger partial charge in [0.1, 0.15) is 23.3 Å². The SMILES string of the molecule is N#C/C(C(N)=NC1CC(O)C1)=C(/N)c1ccc2ccc(-c3ccccc3F)nc2c1. The van der Waals surface area contributed by atoms with Crippen LogP contribution in [0.15, 0.2) is 65.2 Å². The Kier molecular flexibility index (Phi) is 5.17. The summed E-state index contributed by atoms with van der Waals surface area (Å²) in [7, 11) is 0. The molecule has 3 aromatic rings. The fourth-order valence-electron chi connectivity index (χ4n) is 3.43. The van der Waals surface area contributed by atoms with Gasteiger partial charge in [0.25, 0.3) is 0 Å². The Morgan fingerprint density at radius 2 is 1.87 bits per heavy atom. The van der Waals surface area contributed by atoms with E-state index in [1.165, 1.54) is 6.07 Å². The molecule has 0 amide bonds. The lowest BCUT2D eigenvalue weighted by molar-refractivity contribution is 0.0778. The number of aliphatic hydroxyl groups excluding tert-OH is 1. The van der Waals surface area contributed by atoms with Gasteiger partial charge in [-0.2, -0.15) is 5.26 Å². The molecule has 150 valence electrons. The Morgan fingerprint density at radius 3 is 2.57 bits per heavy atom. The Morgan fingerprint density at radius 1 is 1.13 bits per heavy atom. The van der Waals surface area contributed by atoms with Crippen LogP contribution in [-0.2, 0) is 0 Å². The summed E-state index contributed by atoms with van der Waals surface area (Å²) >= 11 is 0. The van der Waals surface area contributed by atoms with E-state index in [0.717, 1.165) is 5.39 Å². The van der Waals surface area contributed by atoms with Gasteiger partial charge in [-0.05, 0) is 37.1 Å². The van der Waals surface area contributed by atoms with Gasteiger partial charge in [-0.15, -0.1) is 0 Å². The molecular formula is C23H20FN5O. The number of aromatic nitrogens is 1. The van der Waals surface area contributed by atoms with Crippen molar-refractivity contribution < 1.29 is 9.50 Å². The first-order chi connectivity index (χ1) is 14.5. The topological polar surface area (TPSA) is 121 Å². The summed E-state index contributed by atoms with van der Waals surface area (Å²) in [5.41, 5.74) is 14.6. The predicted molar refractivity (Wildman–Crippen MR) is 115 cm³/mol. The third-order valence-corrected chi connectivity index (χ3v) is 5.20. The van der Waals surface area contributed by atoms with Crippen molar-refractivity contribution in [2.24, 2.45) is 16.5 Å². The number of rotatable bonds is 4. The lowest BCUT2D eigenvalue weighted by Gasteiger charge is -2.28. The Labute approximate surface area is 173 Å². The molecule has 6 nitrogen and oxygen atoms in total. The van der Waals surface area contributed by atoms with Gasteiger partial charge in [-0.25, -0.2) is 9.37 Å². The van der Waals surface area contributed by atoms with Gasteiger partial charge in [0.15, 0.2) is 0 Å². The number of benzene rings is 2. The number of hydrogen-bond donors (Lipinski definition) is 3. The van der Waals surface area contributed by atoms with Crippen molar-refractivity contribution in [3.63, 3.8) is 0 Å². The van der Waals surface area contributed by atoms with Crippen molar-refractivity contribution in [1.29, 1.82) is 5.26 Å². The van der Waals surface area contributed by atoms with E-state index in [-0.39, 0.29) is 35.1 Å². The normalized spacial score (nSPS) is 19.7. The molecule has 0 unspecified atom stereocenters. The largest absolute Gasteiger partial charge is 0.397 e. The quantitative estimate of drug-likeness (QED) is 0.352. The predicted octanol–water partition coefficient (Wildman–Crippen LogP) is 3.11. The minimum atomic E-state index is -0.367. The second kappa shape index (κ2) is 7.93. The molecule has 30 heavy (non-hydrogen) atoms. The zero-order valence-corrected chi connectivity index (χ0v) is 16.1. The van der Waals surface area contributed by atoms with E-state index in [2.05, 4.69) is 9.98 Å². The first kappa shape index (κ1) is 19.6. The fourth-order valence-corrected chi connectivity index (χ4v) is 3.43. The van der Waals surface area contributed by atoms with Gasteiger partial charge in [-0.1, -0.05) is 30.3 Å². The maximum atomic E-state index is 14.1. The van der Waals surface area contributed by atoms with Gasteiger partial charge in [0.2, 0.25) is 0 Å². The monoisotopic (exact) mass is 401 g/mol. The number of pyridine rings is 1. The molecule has 0 atom stereocenters. The van der Waals surface area contributed by atoms with Crippen molar-refractivity contribution in [3.05, 3.63) is 71.6 Å². The van der Waals surface area contributed by atoms with Gasteiger partial charge in [-0.3, -0.25) is 4.99 Å². The number of nitrogens with two attached hydrogens (primary N) is 2. The summed E-state index contributed by atoms with van der Waals surface area (Å²) in [6, 6.07) is 17.3. The molecule has 4 rings (SSSR count). The summed E-state index contributed by atoms with van der Waals surface area (Å²) < 4.78 is 14.1. The van der Waals surface area contributed by atoms with Crippen molar-refractivity contribution in [2.45, 2.75) is 25.0 Å². The van der Waals surface area contributed by atoms with Crippen LogP contribution in [0.3, 0.4) is 0 Å². The van der Waals surface area contributed by atoms with Crippen molar-refractivity contribution >= 4 is 22.4 Å². The van der Waals surface area contributed by atoms with Crippen LogP contribution in [0.25, 0.3) is 27.9 Å². The van der Waals surface area contributed by atoms with Crippen LogP contribution in [0.1, 0.15) is 18.4 Å². The van der Waals surface area contributed by atoms with E-state index in [4.69, 9.17) is 11.5 Å². The number of fused-ring (bicyclic) bond motifs is 1. The minimum absolute atomic E-state index is 0.0556. The lowest BCUT2D eigenvalue weighted by atomic mass is 9.90. The number of aliphatic hydroxyl groups is 1. The van der Waals surface area contributed by atoms with Gasteiger partial charge >= 0.3 is 0 Å². The zero-order valence-electron chi connectivity index (χ0n) is 16.1. The second-order valence-electron chi connectivity index (χ2n) is 7.28. The molecule has 5 N–H and O–H groups in total. The Bertz CT molecular complexity index is 1220. The van der Waals surface area contributed by atoms with Crippen LogP contribution in [-0.4, -0.2) is 28.1 Å². The number of nitriles is 1. The van der Waals surface area contributed by atoms with Crippen LogP contribution in [0.5, 0.6) is 0 Å². The number of nitrogens with zero attached hydrogens (tertiary/aromatic N) is 3. The molecule has 1 aromatic heterocycles. The summed E-state index contributed by atoms with van der Waals surface area (Å²) in [5.74, 6) is -0.295. The lowest BCUT2D eigenvalue weighted by Crippen LogP contribution is -2.34. The van der Waals surface area contributed by atoms with Crippen LogP contribution in [0, 0.1) is 17.1 Å². The summed E-state index contributed by atoms with van der Waals surface area (Å²) in [5, 5.41) is 19.8. The standard InChI is InChI=1S/C23H20FN5O/c24-19-4-2-1-3-17(19)20-8-7-13-5-6-14(9-21(13)29-20)22(26)18(12-25)23(27)28-15-10-16(30)11-15/h1-9,15-16,30H,10-11,26H2,(H2,27,28)/b22-18-. The van der Waals surface area contributed by atoms with Crippen LogP contribution < -0.4 is 11.5 Å². The molecule has 1 fully saturated rings. The van der Waals surface area contributed by atoms with E-state index < -0.39 is 0 Å². The third-order valence-electron chi connectivity index (χ3n) is 5.20. The van der Waals surface area contributed by atoms with Crippen molar-refractivity contribution in [3.8, 4) is 17.3 Å². The molecule has 0 radical (unpaired) electrons. The zero-order chi connectivity index (χ0) is 21.3. The van der Waals surface area contributed by atoms with Crippen LogP contribution in [0.2, 0.25) is 0 Å².